The highest BCUT2D eigenvalue weighted by molar-refractivity contribution is 5.27. The van der Waals surface area contributed by atoms with Crippen LogP contribution >= 0.6 is 0 Å². The van der Waals surface area contributed by atoms with E-state index in [2.05, 4.69) is 55.6 Å². The molecule has 0 amide bonds. The zero-order valence-corrected chi connectivity index (χ0v) is 14.8. The van der Waals surface area contributed by atoms with E-state index in [0.29, 0.717) is 11.8 Å². The molecular formula is C21H29NO2. The van der Waals surface area contributed by atoms with Crippen LogP contribution in [0.2, 0.25) is 0 Å². The average Bonchev–Trinajstić information content (AvgIpc) is 3.09. The Kier molecular flexibility index (Phi) is 5.75. The van der Waals surface area contributed by atoms with Gasteiger partial charge in [0.1, 0.15) is 5.76 Å². The van der Waals surface area contributed by atoms with E-state index < -0.39 is 0 Å². The molecule has 2 atom stereocenters. The summed E-state index contributed by atoms with van der Waals surface area (Å²) in [5, 5.41) is 3.66. The van der Waals surface area contributed by atoms with Crippen molar-refractivity contribution in [3.63, 3.8) is 0 Å². The highest BCUT2D eigenvalue weighted by Crippen LogP contribution is 2.29. The number of furan rings is 1. The van der Waals surface area contributed by atoms with Crippen LogP contribution in [0.1, 0.15) is 50.4 Å². The summed E-state index contributed by atoms with van der Waals surface area (Å²) in [6, 6.07) is 14.7. The van der Waals surface area contributed by atoms with Crippen LogP contribution in [0.15, 0.2) is 53.1 Å². The van der Waals surface area contributed by atoms with Crippen LogP contribution in [-0.2, 0) is 4.74 Å². The van der Waals surface area contributed by atoms with Gasteiger partial charge in [-0.15, -0.1) is 0 Å². The molecule has 0 radical (unpaired) electrons. The summed E-state index contributed by atoms with van der Waals surface area (Å²) < 4.78 is 11.5. The maximum absolute atomic E-state index is 5.81. The Morgan fingerprint density at radius 2 is 2.00 bits per heavy atom. The van der Waals surface area contributed by atoms with Crippen molar-refractivity contribution in [2.45, 2.75) is 44.6 Å². The van der Waals surface area contributed by atoms with Crippen LogP contribution in [0.4, 0.5) is 0 Å². The smallest absolute Gasteiger partial charge is 0.111 e. The molecule has 1 aromatic carbocycles. The van der Waals surface area contributed by atoms with E-state index >= 15 is 0 Å². The fourth-order valence-electron chi connectivity index (χ4n) is 3.73. The molecule has 130 valence electrons. The fourth-order valence-corrected chi connectivity index (χ4v) is 3.73. The molecule has 24 heavy (non-hydrogen) atoms. The minimum atomic E-state index is 0.0331. The molecule has 1 aromatic heterocycles. The van der Waals surface area contributed by atoms with Crippen LogP contribution in [0.25, 0.3) is 0 Å². The van der Waals surface area contributed by atoms with Crippen LogP contribution in [0.5, 0.6) is 0 Å². The number of benzene rings is 1. The minimum Gasteiger partial charge on any atom is -0.469 e. The van der Waals surface area contributed by atoms with Crippen molar-refractivity contribution in [1.29, 1.82) is 0 Å². The molecular weight excluding hydrogens is 298 g/mol. The van der Waals surface area contributed by atoms with Gasteiger partial charge >= 0.3 is 0 Å². The van der Waals surface area contributed by atoms with Gasteiger partial charge < -0.3 is 14.5 Å². The van der Waals surface area contributed by atoms with Gasteiger partial charge in [0, 0.05) is 12.5 Å². The summed E-state index contributed by atoms with van der Waals surface area (Å²) in [6.45, 7) is 7.35. The maximum Gasteiger partial charge on any atom is 0.111 e. The zero-order valence-electron chi connectivity index (χ0n) is 14.8. The third kappa shape index (κ3) is 4.71. The molecule has 3 rings (SSSR count). The largest absolute Gasteiger partial charge is 0.469 e. The molecule has 1 aliphatic heterocycles. The van der Waals surface area contributed by atoms with Gasteiger partial charge in [-0.2, -0.15) is 0 Å². The lowest BCUT2D eigenvalue weighted by atomic mass is 9.88. The standard InChI is InChI=1S/C21H29NO2/c1-21(2)15-17(11-14-24-21)16-22-12-10-19(20-9-6-13-23-20)18-7-4-3-5-8-18/h3-9,13,17,19,22H,10-12,14-16H2,1-2H3/t17-,19+/m0/s1. The molecule has 1 fully saturated rings. The molecule has 1 N–H and O–H groups in total. The lowest BCUT2D eigenvalue weighted by molar-refractivity contribution is -0.0717. The monoisotopic (exact) mass is 327 g/mol. The van der Waals surface area contributed by atoms with E-state index in [1.165, 1.54) is 5.56 Å². The van der Waals surface area contributed by atoms with E-state index in [0.717, 1.165) is 44.7 Å². The highest BCUT2D eigenvalue weighted by Gasteiger charge is 2.28. The van der Waals surface area contributed by atoms with Gasteiger partial charge in [-0.1, -0.05) is 30.3 Å². The topological polar surface area (TPSA) is 34.4 Å². The fraction of sp³-hybridized carbons (Fsp3) is 0.524. The van der Waals surface area contributed by atoms with Crippen LogP contribution in [0.3, 0.4) is 0 Å². The predicted molar refractivity (Wildman–Crippen MR) is 97.2 cm³/mol. The summed E-state index contributed by atoms with van der Waals surface area (Å²) in [5.74, 6) is 2.09. The molecule has 0 saturated carbocycles. The van der Waals surface area contributed by atoms with Crippen molar-refractivity contribution in [3.8, 4) is 0 Å². The average molecular weight is 327 g/mol. The lowest BCUT2D eigenvalue weighted by Gasteiger charge is -2.35. The van der Waals surface area contributed by atoms with Crippen LogP contribution < -0.4 is 5.32 Å². The van der Waals surface area contributed by atoms with Crippen molar-refractivity contribution in [1.82, 2.24) is 5.32 Å². The second-order valence-electron chi connectivity index (χ2n) is 7.44. The second kappa shape index (κ2) is 8.00. The number of hydrogen-bond acceptors (Lipinski definition) is 3. The van der Waals surface area contributed by atoms with Crippen LogP contribution in [-0.4, -0.2) is 25.3 Å². The third-order valence-corrected chi connectivity index (χ3v) is 4.93. The Hall–Kier alpha value is -1.58. The van der Waals surface area contributed by atoms with Crippen molar-refractivity contribution < 1.29 is 9.15 Å². The Bertz CT molecular complexity index is 592. The maximum atomic E-state index is 5.81. The van der Waals surface area contributed by atoms with E-state index in [1.807, 2.05) is 6.07 Å². The van der Waals surface area contributed by atoms with Gasteiger partial charge in [0.05, 0.1) is 11.9 Å². The minimum absolute atomic E-state index is 0.0331. The Morgan fingerprint density at radius 3 is 2.71 bits per heavy atom. The Balaban J connectivity index is 1.51. The lowest BCUT2D eigenvalue weighted by Crippen LogP contribution is -2.38. The second-order valence-corrected chi connectivity index (χ2v) is 7.44. The summed E-state index contributed by atoms with van der Waals surface area (Å²) in [5.41, 5.74) is 1.35. The van der Waals surface area contributed by atoms with E-state index in [1.54, 1.807) is 6.26 Å². The molecule has 0 bridgehead atoms. The zero-order chi connectivity index (χ0) is 16.8. The molecule has 3 nitrogen and oxygen atoms in total. The van der Waals surface area contributed by atoms with E-state index in [9.17, 15) is 0 Å². The van der Waals surface area contributed by atoms with Crippen molar-refractivity contribution in [2.75, 3.05) is 19.7 Å². The molecule has 0 unspecified atom stereocenters. The molecule has 3 heteroatoms. The van der Waals surface area contributed by atoms with Gasteiger partial charge in [-0.05, 0) is 69.8 Å². The first-order valence-corrected chi connectivity index (χ1v) is 9.07. The Morgan fingerprint density at radius 1 is 1.17 bits per heavy atom. The van der Waals surface area contributed by atoms with Gasteiger partial charge in [0.25, 0.3) is 0 Å². The Labute approximate surface area is 145 Å². The van der Waals surface area contributed by atoms with Crippen molar-refractivity contribution in [3.05, 3.63) is 60.1 Å². The number of nitrogens with one attached hydrogen (secondary N) is 1. The van der Waals surface area contributed by atoms with Gasteiger partial charge in [0.15, 0.2) is 0 Å². The number of rotatable bonds is 7. The molecule has 1 aliphatic rings. The highest BCUT2D eigenvalue weighted by atomic mass is 16.5. The summed E-state index contributed by atoms with van der Waals surface area (Å²) in [4.78, 5) is 0. The molecule has 0 aliphatic carbocycles. The third-order valence-electron chi connectivity index (χ3n) is 4.93. The summed E-state index contributed by atoms with van der Waals surface area (Å²) in [6.07, 6.45) is 5.12. The quantitative estimate of drug-likeness (QED) is 0.755. The predicted octanol–water partition coefficient (Wildman–Crippen LogP) is 4.60. The van der Waals surface area contributed by atoms with Crippen molar-refractivity contribution >= 4 is 0 Å². The molecule has 2 heterocycles. The normalized spacial score (nSPS) is 21.5. The summed E-state index contributed by atoms with van der Waals surface area (Å²) in [7, 11) is 0. The molecule has 0 spiro atoms. The summed E-state index contributed by atoms with van der Waals surface area (Å²) >= 11 is 0. The molecule has 2 aromatic rings. The van der Waals surface area contributed by atoms with E-state index in [-0.39, 0.29) is 5.60 Å². The SMILES string of the molecule is CC1(C)C[C@@H](CNCC[C@H](c2ccccc2)c2ccco2)CCO1. The number of ether oxygens (including phenoxy) is 1. The van der Waals surface area contributed by atoms with E-state index in [4.69, 9.17) is 9.15 Å². The molecule has 1 saturated heterocycles. The van der Waals surface area contributed by atoms with Gasteiger partial charge in [-0.25, -0.2) is 0 Å². The van der Waals surface area contributed by atoms with Crippen molar-refractivity contribution in [2.24, 2.45) is 5.92 Å². The van der Waals surface area contributed by atoms with Gasteiger partial charge in [-0.3, -0.25) is 0 Å². The van der Waals surface area contributed by atoms with Crippen LogP contribution in [0, 0.1) is 5.92 Å². The number of hydrogen-bond donors (Lipinski definition) is 1. The first-order valence-electron chi connectivity index (χ1n) is 9.07. The first kappa shape index (κ1) is 17.2. The first-order chi connectivity index (χ1) is 11.6. The van der Waals surface area contributed by atoms with Gasteiger partial charge in [0.2, 0.25) is 0 Å².